The Bertz CT molecular complexity index is 844. The first-order chi connectivity index (χ1) is 12.4. The van der Waals surface area contributed by atoms with Crippen LogP contribution in [-0.4, -0.2) is 36.9 Å². The number of halogens is 1. The Morgan fingerprint density at radius 1 is 1.08 bits per heavy atom. The van der Waals surface area contributed by atoms with Gasteiger partial charge in [-0.25, -0.2) is 0 Å². The number of likely N-dealkylation sites (N-methyl/N-ethyl adjacent to an activating group) is 1. The molecule has 2 aromatic rings. The van der Waals surface area contributed by atoms with Crippen LogP contribution in [0.3, 0.4) is 0 Å². The minimum absolute atomic E-state index is 0.00129. The second-order valence-corrected chi connectivity index (χ2v) is 6.37. The molecule has 0 heterocycles. The van der Waals surface area contributed by atoms with Gasteiger partial charge < -0.3 is 10.6 Å². The van der Waals surface area contributed by atoms with Crippen molar-refractivity contribution < 1.29 is 9.59 Å². The van der Waals surface area contributed by atoms with Crippen LogP contribution in [0.2, 0.25) is 5.02 Å². The molecule has 0 saturated carbocycles. The Balaban J connectivity index is 1.87. The summed E-state index contributed by atoms with van der Waals surface area (Å²) in [6.07, 6.45) is 0. The molecule has 134 valence electrons. The molecule has 2 rings (SSSR count). The molecule has 0 atom stereocenters. The first-order valence-electron chi connectivity index (χ1n) is 7.92. The summed E-state index contributed by atoms with van der Waals surface area (Å²) in [5, 5.41) is 14.9. The summed E-state index contributed by atoms with van der Waals surface area (Å²) in [6, 6.07) is 14.1. The molecule has 0 saturated heterocycles. The number of hydrogen-bond donors (Lipinski definition) is 2. The van der Waals surface area contributed by atoms with Gasteiger partial charge in [0.05, 0.1) is 24.3 Å². The molecule has 0 aromatic heterocycles. The van der Waals surface area contributed by atoms with Crippen molar-refractivity contribution in [2.45, 2.75) is 6.92 Å². The Morgan fingerprint density at radius 2 is 1.69 bits per heavy atom. The van der Waals surface area contributed by atoms with E-state index in [2.05, 4.69) is 10.6 Å². The van der Waals surface area contributed by atoms with Gasteiger partial charge in [0.1, 0.15) is 6.07 Å². The highest BCUT2D eigenvalue weighted by Crippen LogP contribution is 2.20. The Kier molecular flexibility index (Phi) is 6.73. The molecule has 0 aliphatic rings. The average molecular weight is 371 g/mol. The minimum atomic E-state index is -0.339. The van der Waals surface area contributed by atoms with Gasteiger partial charge in [0.25, 0.3) is 0 Å². The number of rotatable bonds is 6. The van der Waals surface area contributed by atoms with E-state index < -0.39 is 0 Å². The van der Waals surface area contributed by atoms with Gasteiger partial charge in [0, 0.05) is 10.7 Å². The highest BCUT2D eigenvalue weighted by Gasteiger charge is 2.13. The highest BCUT2D eigenvalue weighted by atomic mass is 35.5. The van der Waals surface area contributed by atoms with E-state index >= 15 is 0 Å². The number of benzene rings is 2. The van der Waals surface area contributed by atoms with Gasteiger partial charge in [-0.2, -0.15) is 5.26 Å². The SMILES string of the molecule is Cc1ccc(NC(=O)CN(C)CC(=O)Nc2cc(Cl)ccc2C#N)cc1. The van der Waals surface area contributed by atoms with Crippen LogP contribution >= 0.6 is 11.6 Å². The molecule has 0 aliphatic carbocycles. The molecule has 2 N–H and O–H groups in total. The van der Waals surface area contributed by atoms with E-state index in [-0.39, 0.29) is 24.9 Å². The number of aryl methyl sites for hydroxylation is 1. The molecule has 0 aliphatic heterocycles. The number of nitriles is 1. The summed E-state index contributed by atoms with van der Waals surface area (Å²) in [6.45, 7) is 2.02. The number of anilines is 2. The van der Waals surface area contributed by atoms with Crippen molar-refractivity contribution >= 4 is 34.8 Å². The van der Waals surface area contributed by atoms with Gasteiger partial charge in [-0.05, 0) is 44.3 Å². The topological polar surface area (TPSA) is 85.2 Å². The molecule has 26 heavy (non-hydrogen) atoms. The van der Waals surface area contributed by atoms with Crippen LogP contribution in [0.1, 0.15) is 11.1 Å². The number of amides is 2. The average Bonchev–Trinajstić information content (AvgIpc) is 2.56. The molecule has 0 bridgehead atoms. The molecule has 2 amide bonds. The van der Waals surface area contributed by atoms with E-state index in [1.165, 1.54) is 12.1 Å². The maximum absolute atomic E-state index is 12.1. The maximum Gasteiger partial charge on any atom is 0.238 e. The molecule has 2 aromatic carbocycles. The van der Waals surface area contributed by atoms with Gasteiger partial charge in [-0.15, -0.1) is 0 Å². The molecular weight excluding hydrogens is 352 g/mol. The lowest BCUT2D eigenvalue weighted by atomic mass is 10.2. The number of carbonyl (C=O) groups excluding carboxylic acids is 2. The standard InChI is InChI=1S/C19H19ClN4O2/c1-13-3-7-16(8-4-13)22-18(25)11-24(2)12-19(26)23-17-9-15(20)6-5-14(17)10-21/h3-9H,11-12H2,1-2H3,(H,22,25)(H,23,26). The molecule has 0 spiro atoms. The summed E-state index contributed by atoms with van der Waals surface area (Å²) in [7, 11) is 1.66. The van der Waals surface area contributed by atoms with E-state index in [1.54, 1.807) is 18.0 Å². The molecule has 6 nitrogen and oxygen atoms in total. The maximum atomic E-state index is 12.1. The second kappa shape index (κ2) is 8.99. The van der Waals surface area contributed by atoms with Crippen molar-refractivity contribution in [1.29, 1.82) is 5.26 Å². The Hall–Kier alpha value is -2.88. The smallest absolute Gasteiger partial charge is 0.238 e. The third-order valence-electron chi connectivity index (χ3n) is 3.54. The summed E-state index contributed by atoms with van der Waals surface area (Å²) in [5.41, 5.74) is 2.48. The lowest BCUT2D eigenvalue weighted by Gasteiger charge is -2.16. The van der Waals surface area contributed by atoms with E-state index in [1.807, 2.05) is 37.3 Å². The highest BCUT2D eigenvalue weighted by molar-refractivity contribution is 6.31. The zero-order valence-corrected chi connectivity index (χ0v) is 15.3. The third-order valence-corrected chi connectivity index (χ3v) is 3.77. The number of nitrogens with one attached hydrogen (secondary N) is 2. The van der Waals surface area contributed by atoms with Gasteiger partial charge in [0.2, 0.25) is 11.8 Å². The monoisotopic (exact) mass is 370 g/mol. The molecule has 0 fully saturated rings. The third kappa shape index (κ3) is 5.88. The van der Waals surface area contributed by atoms with E-state index in [0.717, 1.165) is 5.56 Å². The summed E-state index contributed by atoms with van der Waals surface area (Å²) < 4.78 is 0. The molecular formula is C19H19ClN4O2. The van der Waals surface area contributed by atoms with Crippen molar-refractivity contribution in [3.05, 3.63) is 58.6 Å². The lowest BCUT2D eigenvalue weighted by Crippen LogP contribution is -2.36. The van der Waals surface area contributed by atoms with Gasteiger partial charge in [0.15, 0.2) is 0 Å². The fraction of sp³-hybridized carbons (Fsp3) is 0.211. The predicted molar refractivity (Wildman–Crippen MR) is 102 cm³/mol. The predicted octanol–water partition coefficient (Wildman–Crippen LogP) is 3.03. The van der Waals surface area contributed by atoms with Crippen LogP contribution in [0.5, 0.6) is 0 Å². The van der Waals surface area contributed by atoms with Crippen LogP contribution in [-0.2, 0) is 9.59 Å². The number of hydrogen-bond acceptors (Lipinski definition) is 4. The van der Waals surface area contributed by atoms with Crippen LogP contribution in [0.25, 0.3) is 0 Å². The largest absolute Gasteiger partial charge is 0.325 e. The molecule has 0 radical (unpaired) electrons. The summed E-state index contributed by atoms with van der Waals surface area (Å²) in [5.74, 6) is -0.556. The summed E-state index contributed by atoms with van der Waals surface area (Å²) >= 11 is 5.89. The Morgan fingerprint density at radius 3 is 2.31 bits per heavy atom. The van der Waals surface area contributed by atoms with Crippen LogP contribution < -0.4 is 10.6 Å². The van der Waals surface area contributed by atoms with Gasteiger partial charge in [-0.3, -0.25) is 14.5 Å². The first-order valence-corrected chi connectivity index (χ1v) is 8.29. The molecule has 0 unspecified atom stereocenters. The lowest BCUT2D eigenvalue weighted by molar-refractivity contribution is -0.119. The minimum Gasteiger partial charge on any atom is -0.325 e. The second-order valence-electron chi connectivity index (χ2n) is 5.94. The fourth-order valence-electron chi connectivity index (χ4n) is 2.29. The van der Waals surface area contributed by atoms with Gasteiger partial charge >= 0.3 is 0 Å². The van der Waals surface area contributed by atoms with E-state index in [4.69, 9.17) is 16.9 Å². The van der Waals surface area contributed by atoms with E-state index in [0.29, 0.717) is 22.0 Å². The first kappa shape index (κ1) is 19.4. The van der Waals surface area contributed by atoms with Crippen LogP contribution in [0, 0.1) is 18.3 Å². The van der Waals surface area contributed by atoms with Crippen molar-refractivity contribution in [3.8, 4) is 6.07 Å². The zero-order valence-electron chi connectivity index (χ0n) is 14.5. The Labute approximate surface area is 157 Å². The van der Waals surface area contributed by atoms with Crippen LogP contribution in [0.15, 0.2) is 42.5 Å². The zero-order chi connectivity index (χ0) is 19.1. The van der Waals surface area contributed by atoms with E-state index in [9.17, 15) is 9.59 Å². The summed E-state index contributed by atoms with van der Waals surface area (Å²) in [4.78, 5) is 25.8. The normalized spacial score (nSPS) is 10.3. The van der Waals surface area contributed by atoms with Crippen molar-refractivity contribution in [1.82, 2.24) is 4.90 Å². The van der Waals surface area contributed by atoms with Crippen molar-refractivity contribution in [2.24, 2.45) is 0 Å². The number of carbonyl (C=O) groups is 2. The van der Waals surface area contributed by atoms with Crippen molar-refractivity contribution in [2.75, 3.05) is 30.8 Å². The quantitative estimate of drug-likeness (QED) is 0.818. The van der Waals surface area contributed by atoms with Crippen LogP contribution in [0.4, 0.5) is 11.4 Å². The van der Waals surface area contributed by atoms with Crippen molar-refractivity contribution in [3.63, 3.8) is 0 Å². The fourth-order valence-corrected chi connectivity index (χ4v) is 2.46. The number of nitrogens with zero attached hydrogens (tertiary/aromatic N) is 2. The van der Waals surface area contributed by atoms with Gasteiger partial charge in [-0.1, -0.05) is 29.3 Å². The molecule has 7 heteroatoms.